The lowest BCUT2D eigenvalue weighted by Crippen LogP contribution is -1.71. The molecule has 1 unspecified atom stereocenters. The zero-order chi connectivity index (χ0) is 5.70. The lowest BCUT2D eigenvalue weighted by atomic mass is 11.6. The quantitative estimate of drug-likeness (QED) is 0.639. The molecular formula is CH3BrFO3P. The second kappa shape index (κ2) is 4.71. The predicted molar refractivity (Wildman–Crippen MR) is 26.1 cm³/mol. The lowest BCUT2D eigenvalue weighted by Gasteiger charge is -1.89. The molecule has 0 saturated heterocycles. The van der Waals surface area contributed by atoms with E-state index in [1.807, 2.05) is 0 Å². The van der Waals surface area contributed by atoms with Crippen LogP contribution in [-0.4, -0.2) is 6.86 Å². The van der Waals surface area contributed by atoms with Gasteiger partial charge in [-0.25, -0.2) is 8.01 Å². The summed E-state index contributed by atoms with van der Waals surface area (Å²) in [5.74, 6) is 0. The highest BCUT2D eigenvalue weighted by Gasteiger charge is 1.92. The summed E-state index contributed by atoms with van der Waals surface area (Å²) in [6.07, 6.45) is 0. The van der Waals surface area contributed by atoms with Gasteiger partial charge in [0.15, 0.2) is 6.86 Å². The van der Waals surface area contributed by atoms with Crippen molar-refractivity contribution < 1.29 is 17.1 Å². The van der Waals surface area contributed by atoms with Gasteiger partial charge in [0.25, 0.3) is 0 Å². The molecule has 6 heteroatoms. The molecule has 0 aromatic rings. The predicted octanol–water partition coefficient (Wildman–Crippen LogP) is 1.65. The van der Waals surface area contributed by atoms with E-state index in [-0.39, 0.29) is 0 Å². The third kappa shape index (κ3) is 4.41. The van der Waals surface area contributed by atoms with Crippen LogP contribution >= 0.6 is 24.5 Å². The molecule has 0 fully saturated rings. The molecule has 0 amide bonds. The van der Waals surface area contributed by atoms with Crippen LogP contribution in [-0.2, 0) is 12.7 Å². The minimum Gasteiger partial charge on any atom is -0.277 e. The number of rotatable bonds is 3. The average molecular weight is 193 g/mol. The Morgan fingerprint density at radius 3 is 2.57 bits per heavy atom. The van der Waals surface area contributed by atoms with Gasteiger partial charge >= 0.3 is 8.25 Å². The summed E-state index contributed by atoms with van der Waals surface area (Å²) in [7, 11) is -2.59. The highest BCUT2D eigenvalue weighted by atomic mass is 79.9. The first-order valence-electron chi connectivity index (χ1n) is 1.32. The van der Waals surface area contributed by atoms with Crippen molar-refractivity contribution in [2.24, 2.45) is 0 Å². The van der Waals surface area contributed by atoms with Gasteiger partial charge in [-0.05, 0) is 0 Å². The van der Waals surface area contributed by atoms with Crippen LogP contribution in [0.3, 0.4) is 0 Å². The minimum atomic E-state index is -2.59. The molecule has 0 aliphatic carbocycles. The van der Waals surface area contributed by atoms with Crippen molar-refractivity contribution in [3.8, 4) is 0 Å². The van der Waals surface area contributed by atoms with Gasteiger partial charge in [0, 0.05) is 0 Å². The van der Waals surface area contributed by atoms with Crippen LogP contribution in [0.5, 0.6) is 0 Å². The van der Waals surface area contributed by atoms with Gasteiger partial charge in [-0.15, -0.1) is 0 Å². The van der Waals surface area contributed by atoms with Crippen molar-refractivity contribution in [3.63, 3.8) is 0 Å². The van der Waals surface area contributed by atoms with Crippen LogP contribution < -0.4 is 0 Å². The molecule has 3 nitrogen and oxygen atoms in total. The van der Waals surface area contributed by atoms with Crippen LogP contribution in [0.15, 0.2) is 0 Å². The summed E-state index contributed by atoms with van der Waals surface area (Å²) in [5.41, 5.74) is 0. The zero-order valence-electron chi connectivity index (χ0n) is 3.19. The van der Waals surface area contributed by atoms with Crippen molar-refractivity contribution in [1.82, 2.24) is 0 Å². The standard InChI is InChI=1S/CH3BrFO3P/c2-6-7(4)5-1-3/h7H,1H2. The van der Waals surface area contributed by atoms with Crippen molar-refractivity contribution in [2.75, 3.05) is 6.86 Å². The molecule has 0 heterocycles. The molecule has 0 spiro atoms. The maximum absolute atomic E-state index is 10.9. The molecule has 1 atom stereocenters. The molecular weight excluding hydrogens is 190 g/mol. The first-order chi connectivity index (χ1) is 3.31. The van der Waals surface area contributed by atoms with Gasteiger partial charge < -0.3 is 0 Å². The minimum absolute atomic E-state index is 1.08. The van der Waals surface area contributed by atoms with E-state index in [0.717, 1.165) is 0 Å². The normalized spacial score (nSPS) is 14.0. The SMILES string of the molecule is O=[PH](OBr)OCF. The van der Waals surface area contributed by atoms with Crippen molar-refractivity contribution in [3.05, 3.63) is 0 Å². The maximum atomic E-state index is 10.9. The van der Waals surface area contributed by atoms with E-state index >= 15 is 0 Å². The molecule has 0 aliphatic rings. The third-order valence-corrected chi connectivity index (χ3v) is 1.50. The van der Waals surface area contributed by atoms with Gasteiger partial charge in [-0.1, -0.05) is 0 Å². The van der Waals surface area contributed by atoms with E-state index in [4.69, 9.17) is 0 Å². The Bertz CT molecular complexity index is 68.0. The number of halogens is 2. The van der Waals surface area contributed by atoms with Crippen LogP contribution in [0.25, 0.3) is 0 Å². The Balaban J connectivity index is 3.00. The van der Waals surface area contributed by atoms with Gasteiger partial charge in [0.05, 0.1) is 0 Å². The van der Waals surface area contributed by atoms with Crippen molar-refractivity contribution in [2.45, 2.75) is 0 Å². The maximum Gasteiger partial charge on any atom is 0.332 e. The first-order valence-corrected chi connectivity index (χ1v) is 3.19. The fourth-order valence-corrected chi connectivity index (χ4v) is 0.481. The summed E-state index contributed by atoms with van der Waals surface area (Å²) in [4.78, 5) is 0. The van der Waals surface area contributed by atoms with E-state index in [1.54, 1.807) is 0 Å². The third-order valence-electron chi connectivity index (χ3n) is 0.235. The number of hydrogen-bond donors (Lipinski definition) is 0. The fraction of sp³-hybridized carbons (Fsp3) is 1.00. The molecule has 0 aromatic heterocycles. The van der Waals surface area contributed by atoms with Gasteiger partial charge in [-0.3, -0.25) is 9.09 Å². The number of alkyl halides is 1. The number of hydrogen-bond acceptors (Lipinski definition) is 3. The lowest BCUT2D eigenvalue weighted by molar-refractivity contribution is 0.187. The van der Waals surface area contributed by atoms with E-state index in [9.17, 15) is 8.96 Å². The molecule has 0 bridgehead atoms. The summed E-state index contributed by atoms with van der Waals surface area (Å²) >= 11 is 2.36. The Morgan fingerprint density at radius 1 is 1.86 bits per heavy atom. The topological polar surface area (TPSA) is 35.5 Å². The molecule has 0 rings (SSSR count). The van der Waals surface area contributed by atoms with E-state index < -0.39 is 15.1 Å². The largest absolute Gasteiger partial charge is 0.332 e. The van der Waals surface area contributed by atoms with E-state index in [2.05, 4.69) is 24.4 Å². The van der Waals surface area contributed by atoms with Crippen LogP contribution in [0.1, 0.15) is 0 Å². The highest BCUT2D eigenvalue weighted by molar-refractivity contribution is 9.06. The molecule has 44 valence electrons. The summed E-state index contributed by atoms with van der Waals surface area (Å²) in [6, 6.07) is 0. The second-order valence-electron chi connectivity index (χ2n) is 0.581. The summed E-state index contributed by atoms with van der Waals surface area (Å²) in [5, 5.41) is 0. The Labute approximate surface area is 49.2 Å². The smallest absolute Gasteiger partial charge is 0.277 e. The van der Waals surface area contributed by atoms with Gasteiger partial charge in [0.2, 0.25) is 0 Å². The van der Waals surface area contributed by atoms with E-state index in [1.165, 1.54) is 0 Å². The zero-order valence-corrected chi connectivity index (χ0v) is 5.77. The fourth-order valence-electron chi connectivity index (χ4n) is 0.0668. The monoisotopic (exact) mass is 192 g/mol. The van der Waals surface area contributed by atoms with Crippen LogP contribution in [0.4, 0.5) is 4.39 Å². The Hall–Kier alpha value is 0.560. The highest BCUT2D eigenvalue weighted by Crippen LogP contribution is 2.25. The molecule has 0 N–H and O–H groups in total. The second-order valence-corrected chi connectivity index (χ2v) is 2.49. The summed E-state index contributed by atoms with van der Waals surface area (Å²) in [6.45, 7) is -1.08. The van der Waals surface area contributed by atoms with E-state index in [0.29, 0.717) is 0 Å². The molecule has 7 heavy (non-hydrogen) atoms. The molecule has 0 radical (unpaired) electrons. The Kier molecular flexibility index (Phi) is 5.09. The molecule has 0 aliphatic heterocycles. The first kappa shape index (κ1) is 7.56. The average Bonchev–Trinajstić information content (AvgIpc) is 1.68. The van der Waals surface area contributed by atoms with Gasteiger partial charge in [0.1, 0.15) is 16.3 Å². The van der Waals surface area contributed by atoms with Crippen LogP contribution in [0.2, 0.25) is 0 Å². The van der Waals surface area contributed by atoms with Crippen molar-refractivity contribution >= 4 is 24.5 Å². The van der Waals surface area contributed by atoms with Crippen molar-refractivity contribution in [1.29, 1.82) is 0 Å². The molecule has 0 saturated carbocycles. The van der Waals surface area contributed by atoms with Crippen LogP contribution in [0, 0.1) is 0 Å². The molecule has 0 aromatic carbocycles. The Morgan fingerprint density at radius 2 is 2.43 bits per heavy atom. The summed E-state index contributed by atoms with van der Waals surface area (Å²) < 4.78 is 28.5. The van der Waals surface area contributed by atoms with Gasteiger partial charge in [-0.2, -0.15) is 0 Å².